The molecule has 1 aromatic heterocycles. The van der Waals surface area contributed by atoms with E-state index in [0.29, 0.717) is 10.7 Å². The Hall–Kier alpha value is -2.22. The lowest BCUT2D eigenvalue weighted by Gasteiger charge is -2.02. The monoisotopic (exact) mass is 362 g/mol. The van der Waals surface area contributed by atoms with Gasteiger partial charge in [0.25, 0.3) is 10.1 Å². The summed E-state index contributed by atoms with van der Waals surface area (Å²) >= 11 is 1.47. The SMILES string of the molecule is Cc1ccc(C)c(S(=O)(=O)O)c1.Nc1nc(-c2ccccc2)cs1. The van der Waals surface area contributed by atoms with E-state index in [1.807, 2.05) is 35.7 Å². The molecular weight excluding hydrogens is 344 g/mol. The summed E-state index contributed by atoms with van der Waals surface area (Å²) in [6, 6.07) is 14.9. The molecule has 0 aliphatic carbocycles. The van der Waals surface area contributed by atoms with Crippen molar-refractivity contribution in [2.45, 2.75) is 18.7 Å². The van der Waals surface area contributed by atoms with Crippen molar-refractivity contribution in [1.29, 1.82) is 0 Å². The molecule has 3 aromatic rings. The largest absolute Gasteiger partial charge is 0.375 e. The van der Waals surface area contributed by atoms with Crippen molar-refractivity contribution in [2.75, 3.05) is 5.73 Å². The molecule has 0 saturated carbocycles. The molecule has 0 amide bonds. The Morgan fingerprint density at radius 1 is 1.08 bits per heavy atom. The number of anilines is 1. The molecule has 0 fully saturated rings. The van der Waals surface area contributed by atoms with Crippen LogP contribution < -0.4 is 5.73 Å². The Balaban J connectivity index is 0.000000174. The summed E-state index contributed by atoms with van der Waals surface area (Å²) in [7, 11) is -4.06. The van der Waals surface area contributed by atoms with Gasteiger partial charge in [-0.2, -0.15) is 8.42 Å². The molecule has 3 rings (SSSR count). The molecule has 0 aliphatic rings. The summed E-state index contributed by atoms with van der Waals surface area (Å²) in [4.78, 5) is 4.17. The summed E-state index contributed by atoms with van der Waals surface area (Å²) < 4.78 is 30.3. The number of thiazole rings is 1. The number of nitrogens with zero attached hydrogens (tertiary/aromatic N) is 1. The van der Waals surface area contributed by atoms with Crippen molar-refractivity contribution in [3.63, 3.8) is 0 Å². The van der Waals surface area contributed by atoms with E-state index in [0.717, 1.165) is 16.8 Å². The van der Waals surface area contributed by atoms with E-state index >= 15 is 0 Å². The third-order valence-corrected chi connectivity index (χ3v) is 4.88. The maximum atomic E-state index is 10.8. The fourth-order valence-corrected chi connectivity index (χ4v) is 3.40. The molecule has 0 aliphatic heterocycles. The van der Waals surface area contributed by atoms with Crippen molar-refractivity contribution >= 4 is 26.6 Å². The van der Waals surface area contributed by atoms with Crippen molar-refractivity contribution in [3.8, 4) is 11.3 Å². The zero-order chi connectivity index (χ0) is 17.7. The summed E-state index contributed by atoms with van der Waals surface area (Å²) in [6.45, 7) is 3.41. The Labute approximate surface area is 145 Å². The van der Waals surface area contributed by atoms with E-state index < -0.39 is 10.1 Å². The van der Waals surface area contributed by atoms with Crippen LogP contribution in [0.4, 0.5) is 5.13 Å². The van der Waals surface area contributed by atoms with E-state index in [4.69, 9.17) is 10.3 Å². The molecule has 126 valence electrons. The standard InChI is InChI=1S/C9H8N2S.C8H10O3S/c10-9-11-8(6-12-9)7-4-2-1-3-5-7;1-6-3-4-7(2)8(5-6)12(9,10)11/h1-6H,(H2,10,11);3-5H,1-2H3,(H,9,10,11). The maximum absolute atomic E-state index is 10.8. The highest BCUT2D eigenvalue weighted by molar-refractivity contribution is 7.85. The molecule has 3 N–H and O–H groups in total. The molecule has 0 unspecified atom stereocenters. The smallest absolute Gasteiger partial charge is 0.294 e. The minimum absolute atomic E-state index is 0.0116. The molecule has 0 spiro atoms. The first-order valence-corrected chi connectivity index (χ1v) is 9.40. The van der Waals surface area contributed by atoms with Crippen LogP contribution in [0, 0.1) is 13.8 Å². The first-order valence-electron chi connectivity index (χ1n) is 7.08. The first kappa shape index (κ1) is 18.1. The van der Waals surface area contributed by atoms with E-state index in [1.165, 1.54) is 17.4 Å². The Morgan fingerprint density at radius 2 is 1.75 bits per heavy atom. The first-order chi connectivity index (χ1) is 11.3. The summed E-state index contributed by atoms with van der Waals surface area (Å²) in [5.74, 6) is 0. The highest BCUT2D eigenvalue weighted by Gasteiger charge is 2.12. The summed E-state index contributed by atoms with van der Waals surface area (Å²) in [5.41, 5.74) is 8.97. The lowest BCUT2D eigenvalue weighted by atomic mass is 10.2. The van der Waals surface area contributed by atoms with Crippen LogP contribution in [-0.4, -0.2) is 18.0 Å². The van der Waals surface area contributed by atoms with Gasteiger partial charge in [-0.05, 0) is 31.0 Å². The van der Waals surface area contributed by atoms with Crippen molar-refractivity contribution < 1.29 is 13.0 Å². The predicted molar refractivity (Wildman–Crippen MR) is 97.7 cm³/mol. The minimum atomic E-state index is -4.06. The number of rotatable bonds is 2. The number of nitrogen functional groups attached to an aromatic ring is 1. The minimum Gasteiger partial charge on any atom is -0.375 e. The van der Waals surface area contributed by atoms with Crippen LogP contribution in [0.25, 0.3) is 11.3 Å². The summed E-state index contributed by atoms with van der Waals surface area (Å²) in [6.07, 6.45) is 0. The van der Waals surface area contributed by atoms with Crippen molar-refractivity contribution in [1.82, 2.24) is 4.98 Å². The molecule has 1 heterocycles. The maximum Gasteiger partial charge on any atom is 0.294 e. The fraction of sp³-hybridized carbons (Fsp3) is 0.118. The van der Waals surface area contributed by atoms with Crippen LogP contribution in [0.3, 0.4) is 0 Å². The zero-order valence-electron chi connectivity index (χ0n) is 13.3. The normalized spacial score (nSPS) is 10.8. The molecule has 0 atom stereocenters. The van der Waals surface area contributed by atoms with Gasteiger partial charge in [0.15, 0.2) is 5.13 Å². The van der Waals surface area contributed by atoms with Crippen molar-refractivity contribution in [3.05, 3.63) is 65.0 Å². The third-order valence-electron chi connectivity index (χ3n) is 3.21. The van der Waals surface area contributed by atoms with Crippen LogP contribution in [0.5, 0.6) is 0 Å². The van der Waals surface area contributed by atoms with Gasteiger partial charge in [0.2, 0.25) is 0 Å². The number of nitrogens with two attached hydrogens (primary N) is 1. The quantitative estimate of drug-likeness (QED) is 0.674. The fourth-order valence-electron chi connectivity index (χ4n) is 2.01. The van der Waals surface area contributed by atoms with Crippen molar-refractivity contribution in [2.24, 2.45) is 0 Å². The molecule has 2 aromatic carbocycles. The van der Waals surface area contributed by atoms with Gasteiger partial charge in [0, 0.05) is 10.9 Å². The number of hydrogen-bond donors (Lipinski definition) is 2. The van der Waals surface area contributed by atoms with Crippen LogP contribution in [0.1, 0.15) is 11.1 Å². The second kappa shape index (κ2) is 7.57. The molecule has 24 heavy (non-hydrogen) atoms. The molecule has 5 nitrogen and oxygen atoms in total. The van der Waals surface area contributed by atoms with Crippen LogP contribution in [0.15, 0.2) is 58.8 Å². The molecule has 0 radical (unpaired) electrons. The van der Waals surface area contributed by atoms with Gasteiger partial charge in [-0.3, -0.25) is 4.55 Å². The Morgan fingerprint density at radius 3 is 2.25 bits per heavy atom. The number of hydrogen-bond acceptors (Lipinski definition) is 5. The van der Waals surface area contributed by atoms with Crippen LogP contribution in [0.2, 0.25) is 0 Å². The molecule has 7 heteroatoms. The average Bonchev–Trinajstić information content (AvgIpc) is 2.97. The Bertz CT molecular complexity index is 920. The summed E-state index contributed by atoms with van der Waals surface area (Å²) in [5, 5.41) is 2.58. The second-order valence-corrected chi connectivity index (χ2v) is 7.46. The number of benzene rings is 2. The van der Waals surface area contributed by atoms with Gasteiger partial charge in [-0.25, -0.2) is 4.98 Å². The highest BCUT2D eigenvalue weighted by Crippen LogP contribution is 2.22. The molecule has 0 bridgehead atoms. The molecule has 0 saturated heterocycles. The third kappa shape index (κ3) is 4.89. The van der Waals surface area contributed by atoms with Gasteiger partial charge in [-0.1, -0.05) is 42.5 Å². The lowest BCUT2D eigenvalue weighted by Crippen LogP contribution is -2.00. The van der Waals surface area contributed by atoms with Crippen LogP contribution in [-0.2, 0) is 10.1 Å². The molecular formula is C17H18N2O3S2. The van der Waals surface area contributed by atoms with Gasteiger partial charge < -0.3 is 5.73 Å². The topological polar surface area (TPSA) is 93.3 Å². The van der Waals surface area contributed by atoms with Gasteiger partial charge >= 0.3 is 0 Å². The highest BCUT2D eigenvalue weighted by atomic mass is 32.2. The van der Waals surface area contributed by atoms with E-state index in [2.05, 4.69) is 4.98 Å². The van der Waals surface area contributed by atoms with E-state index in [1.54, 1.807) is 26.0 Å². The van der Waals surface area contributed by atoms with Gasteiger partial charge in [0.1, 0.15) is 0 Å². The predicted octanol–water partition coefficient (Wildman–Crippen LogP) is 3.94. The Kier molecular flexibility index (Phi) is 5.71. The van der Waals surface area contributed by atoms with Crippen LogP contribution >= 0.6 is 11.3 Å². The van der Waals surface area contributed by atoms with Gasteiger partial charge in [0.05, 0.1) is 10.6 Å². The number of aryl methyl sites for hydroxylation is 2. The van der Waals surface area contributed by atoms with E-state index in [-0.39, 0.29) is 4.90 Å². The average molecular weight is 362 g/mol. The van der Waals surface area contributed by atoms with Gasteiger partial charge in [-0.15, -0.1) is 11.3 Å². The second-order valence-electron chi connectivity index (χ2n) is 5.18. The number of aromatic nitrogens is 1. The zero-order valence-corrected chi connectivity index (χ0v) is 14.9. The lowest BCUT2D eigenvalue weighted by molar-refractivity contribution is 0.482. The van der Waals surface area contributed by atoms with E-state index in [9.17, 15) is 8.42 Å².